The fourth-order valence-electron chi connectivity index (χ4n) is 7.84. The Morgan fingerprint density at radius 2 is 1.76 bits per heavy atom. The van der Waals surface area contributed by atoms with Gasteiger partial charge in [-0.1, -0.05) is 47.4 Å². The zero-order chi connectivity index (χ0) is 24.1. The van der Waals surface area contributed by atoms with Crippen LogP contribution in [0.2, 0.25) is 5.02 Å². The molecule has 4 aliphatic rings. The Kier molecular flexibility index (Phi) is 6.44. The Morgan fingerprint density at radius 1 is 1.06 bits per heavy atom. The number of rotatable bonds is 8. The lowest BCUT2D eigenvalue weighted by Gasteiger charge is -2.65. The van der Waals surface area contributed by atoms with Crippen LogP contribution in [0.1, 0.15) is 70.4 Å². The second kappa shape index (κ2) is 8.97. The van der Waals surface area contributed by atoms with Gasteiger partial charge in [-0.15, -0.1) is 0 Å². The van der Waals surface area contributed by atoms with E-state index in [2.05, 4.69) is 35.1 Å². The minimum atomic E-state index is -0.372. The van der Waals surface area contributed by atoms with Crippen molar-refractivity contribution in [2.75, 3.05) is 6.61 Å². The van der Waals surface area contributed by atoms with Crippen LogP contribution in [0, 0.1) is 22.6 Å². The van der Waals surface area contributed by atoms with Gasteiger partial charge in [0.1, 0.15) is 12.4 Å². The summed E-state index contributed by atoms with van der Waals surface area (Å²) in [5.74, 6) is 1.72. The largest absolute Gasteiger partial charge is 0.490 e. The first kappa shape index (κ1) is 24.4. The number of ether oxygens (including phenoxy) is 2. The first-order chi connectivity index (χ1) is 16.1. The van der Waals surface area contributed by atoms with Crippen LogP contribution in [0.25, 0.3) is 0 Å². The van der Waals surface area contributed by atoms with E-state index in [1.807, 2.05) is 19.1 Å². The SMILES string of the molecule is CCOc1cc(CNC23CC4CC(C)(CC(C)(C4)C2)C3)c(Br)cc1OCc1c(F)cccc1Cl. The van der Waals surface area contributed by atoms with Gasteiger partial charge in [0.25, 0.3) is 0 Å². The smallest absolute Gasteiger partial charge is 0.162 e. The third kappa shape index (κ3) is 4.73. The zero-order valence-electron chi connectivity index (χ0n) is 20.3. The molecule has 184 valence electrons. The van der Waals surface area contributed by atoms with E-state index in [4.69, 9.17) is 21.1 Å². The molecule has 4 saturated carbocycles. The molecule has 0 radical (unpaired) electrons. The van der Waals surface area contributed by atoms with Gasteiger partial charge in [-0.25, -0.2) is 4.39 Å². The molecule has 0 aromatic heterocycles. The molecule has 1 N–H and O–H groups in total. The molecule has 0 heterocycles. The predicted octanol–water partition coefficient (Wildman–Crippen LogP) is 8.06. The molecule has 2 unspecified atom stereocenters. The maximum Gasteiger partial charge on any atom is 0.162 e. The summed E-state index contributed by atoms with van der Waals surface area (Å²) in [6.07, 6.45) is 7.98. The summed E-state index contributed by atoms with van der Waals surface area (Å²) in [6.45, 7) is 8.30. The van der Waals surface area contributed by atoms with Crippen molar-refractivity contribution >= 4 is 27.5 Å². The minimum absolute atomic E-state index is 0.0390. The molecule has 4 bridgehead atoms. The molecule has 2 aromatic rings. The number of halogens is 3. The Hall–Kier alpha value is -1.30. The van der Waals surface area contributed by atoms with Gasteiger partial charge in [0, 0.05) is 22.1 Å². The molecule has 2 atom stereocenters. The van der Waals surface area contributed by atoms with Crippen molar-refractivity contribution in [3.63, 3.8) is 0 Å². The summed E-state index contributed by atoms with van der Waals surface area (Å²) < 4.78 is 27.0. The van der Waals surface area contributed by atoms with Crippen molar-refractivity contribution in [1.82, 2.24) is 5.32 Å². The van der Waals surface area contributed by atoms with Crippen molar-refractivity contribution in [3.05, 3.63) is 56.8 Å². The summed E-state index contributed by atoms with van der Waals surface area (Å²) in [5, 5.41) is 4.36. The van der Waals surface area contributed by atoms with E-state index in [1.165, 1.54) is 44.6 Å². The van der Waals surface area contributed by atoms with E-state index in [0.717, 1.165) is 22.5 Å². The average Bonchev–Trinajstić information content (AvgIpc) is 2.71. The fraction of sp³-hybridized carbons (Fsp3) is 0.571. The normalized spacial score (nSPS) is 31.6. The molecule has 3 nitrogen and oxygen atoms in total. The maximum absolute atomic E-state index is 14.2. The van der Waals surface area contributed by atoms with Gasteiger partial charge in [0.05, 0.1) is 11.6 Å². The van der Waals surface area contributed by atoms with E-state index < -0.39 is 0 Å². The van der Waals surface area contributed by atoms with Crippen LogP contribution in [0.15, 0.2) is 34.8 Å². The predicted molar refractivity (Wildman–Crippen MR) is 138 cm³/mol. The molecule has 4 aliphatic carbocycles. The van der Waals surface area contributed by atoms with Crippen molar-refractivity contribution < 1.29 is 13.9 Å². The van der Waals surface area contributed by atoms with Gasteiger partial charge in [-0.05, 0) is 92.0 Å². The molecular weight excluding hydrogens is 517 g/mol. The standard InChI is InChI=1S/C28H34BrClFNO2/c1-4-33-24-8-19(21(29)9-25(24)34-14-20-22(30)6-5-7-23(20)31)13-32-28-12-18-10-26(2,16-28)15-27(3,11-18)17-28/h5-9,18,32H,4,10-17H2,1-3H3. The summed E-state index contributed by atoms with van der Waals surface area (Å²) in [6, 6.07) is 8.63. The van der Waals surface area contributed by atoms with E-state index in [1.54, 1.807) is 12.1 Å². The average molecular weight is 551 g/mol. The van der Waals surface area contributed by atoms with E-state index >= 15 is 0 Å². The summed E-state index contributed by atoms with van der Waals surface area (Å²) in [5.41, 5.74) is 2.66. The number of hydrogen-bond donors (Lipinski definition) is 1. The van der Waals surface area contributed by atoms with Crippen molar-refractivity contribution in [2.24, 2.45) is 16.7 Å². The van der Waals surface area contributed by atoms with Crippen LogP contribution in [-0.4, -0.2) is 12.1 Å². The molecule has 2 aromatic carbocycles. The molecule has 4 fully saturated rings. The molecule has 0 saturated heterocycles. The molecule has 0 aliphatic heterocycles. The maximum atomic E-state index is 14.2. The monoisotopic (exact) mass is 549 g/mol. The Bertz CT molecular complexity index is 1050. The van der Waals surface area contributed by atoms with Crippen LogP contribution in [0.3, 0.4) is 0 Å². The van der Waals surface area contributed by atoms with Crippen molar-refractivity contribution in [2.45, 2.75) is 78.0 Å². The topological polar surface area (TPSA) is 30.5 Å². The molecule has 0 amide bonds. The van der Waals surface area contributed by atoms with Crippen LogP contribution in [-0.2, 0) is 13.2 Å². The summed E-state index contributed by atoms with van der Waals surface area (Å²) in [4.78, 5) is 0. The Morgan fingerprint density at radius 3 is 2.41 bits per heavy atom. The molecule has 0 spiro atoms. The molecule has 6 rings (SSSR count). The summed E-state index contributed by atoms with van der Waals surface area (Å²) >= 11 is 9.92. The van der Waals surface area contributed by atoms with Crippen molar-refractivity contribution in [1.29, 1.82) is 0 Å². The zero-order valence-corrected chi connectivity index (χ0v) is 22.6. The third-order valence-electron chi connectivity index (χ3n) is 8.13. The Balaban J connectivity index is 1.33. The number of benzene rings is 2. The minimum Gasteiger partial charge on any atom is -0.490 e. The van der Waals surface area contributed by atoms with Crippen LogP contribution >= 0.6 is 27.5 Å². The first-order valence-corrected chi connectivity index (χ1v) is 13.5. The Labute approximate surface area is 215 Å². The van der Waals surface area contributed by atoms with Crippen LogP contribution in [0.4, 0.5) is 4.39 Å². The first-order valence-electron chi connectivity index (χ1n) is 12.4. The summed E-state index contributed by atoms with van der Waals surface area (Å²) in [7, 11) is 0. The number of nitrogens with one attached hydrogen (secondary N) is 1. The van der Waals surface area contributed by atoms with Gasteiger partial charge in [0.2, 0.25) is 0 Å². The second-order valence-corrected chi connectivity index (χ2v) is 12.8. The molecular formula is C28H34BrClFNO2. The fourth-order valence-corrected chi connectivity index (χ4v) is 8.52. The van der Waals surface area contributed by atoms with Gasteiger partial charge < -0.3 is 14.8 Å². The lowest BCUT2D eigenvalue weighted by molar-refractivity contribution is -0.118. The molecule has 34 heavy (non-hydrogen) atoms. The van der Waals surface area contributed by atoms with Gasteiger partial charge in [-0.2, -0.15) is 0 Å². The van der Waals surface area contributed by atoms with Crippen molar-refractivity contribution in [3.8, 4) is 11.5 Å². The lowest BCUT2D eigenvalue weighted by atomic mass is 9.43. The highest BCUT2D eigenvalue weighted by molar-refractivity contribution is 9.10. The highest BCUT2D eigenvalue weighted by Gasteiger charge is 2.59. The van der Waals surface area contributed by atoms with Gasteiger partial charge >= 0.3 is 0 Å². The number of hydrogen-bond acceptors (Lipinski definition) is 3. The lowest BCUT2D eigenvalue weighted by Crippen LogP contribution is -2.63. The third-order valence-corrected chi connectivity index (χ3v) is 9.22. The highest BCUT2D eigenvalue weighted by Crippen LogP contribution is 2.66. The van der Waals surface area contributed by atoms with E-state index in [0.29, 0.717) is 39.5 Å². The molecule has 6 heteroatoms. The van der Waals surface area contributed by atoms with Crippen LogP contribution < -0.4 is 14.8 Å². The quantitative estimate of drug-likeness (QED) is 0.361. The van der Waals surface area contributed by atoms with E-state index in [9.17, 15) is 4.39 Å². The van der Waals surface area contributed by atoms with Gasteiger partial charge in [-0.3, -0.25) is 0 Å². The second-order valence-electron chi connectivity index (χ2n) is 11.6. The van der Waals surface area contributed by atoms with E-state index in [-0.39, 0.29) is 18.0 Å². The van der Waals surface area contributed by atoms with Gasteiger partial charge in [0.15, 0.2) is 11.5 Å². The highest BCUT2D eigenvalue weighted by atomic mass is 79.9. The van der Waals surface area contributed by atoms with Crippen LogP contribution in [0.5, 0.6) is 11.5 Å².